The third-order valence-corrected chi connectivity index (χ3v) is 4.39. The molecule has 0 aromatic heterocycles. The molecule has 0 fully saturated rings. The van der Waals surface area contributed by atoms with Gasteiger partial charge in [-0.1, -0.05) is 36.4 Å². The zero-order chi connectivity index (χ0) is 17.8. The summed E-state index contributed by atoms with van der Waals surface area (Å²) in [4.78, 5) is 2.12. The predicted molar refractivity (Wildman–Crippen MR) is 112 cm³/mol. The van der Waals surface area contributed by atoms with Crippen molar-refractivity contribution in [2.24, 2.45) is 0 Å². The molecule has 0 spiro atoms. The maximum Gasteiger partial charge on any atom is 0.199 e. The minimum Gasteiger partial charge on any atom is -0.870 e. The van der Waals surface area contributed by atoms with E-state index in [1.807, 2.05) is 0 Å². The van der Waals surface area contributed by atoms with Gasteiger partial charge in [0.05, 0.1) is 0 Å². The van der Waals surface area contributed by atoms with Crippen LogP contribution in [0.2, 0.25) is 0 Å². The Morgan fingerprint density at radius 2 is 1.42 bits per heavy atom. The maximum absolute atomic E-state index is 2.24. The lowest BCUT2D eigenvalue weighted by molar-refractivity contribution is -0.462. The SMILES string of the molecule is CN(C)c1ccc(-c2ccccc2C=C2C=CC(=[N+](C)C)C=C2)cc1.[OH-]. The van der Waals surface area contributed by atoms with E-state index in [0.717, 1.165) is 0 Å². The van der Waals surface area contributed by atoms with Gasteiger partial charge in [0.25, 0.3) is 0 Å². The second-order valence-corrected chi connectivity index (χ2v) is 6.66. The molecule has 3 nitrogen and oxygen atoms in total. The zero-order valence-electron chi connectivity index (χ0n) is 15.8. The van der Waals surface area contributed by atoms with Crippen LogP contribution in [0.1, 0.15) is 5.56 Å². The molecule has 26 heavy (non-hydrogen) atoms. The summed E-state index contributed by atoms with van der Waals surface area (Å²) in [7, 11) is 8.25. The first kappa shape index (κ1) is 19.4. The van der Waals surface area contributed by atoms with Crippen molar-refractivity contribution in [3.8, 4) is 11.1 Å². The van der Waals surface area contributed by atoms with Crippen LogP contribution in [-0.2, 0) is 0 Å². The second kappa shape index (κ2) is 8.45. The summed E-state index contributed by atoms with van der Waals surface area (Å²) in [6.45, 7) is 0. The summed E-state index contributed by atoms with van der Waals surface area (Å²) < 4.78 is 2.12. The van der Waals surface area contributed by atoms with Gasteiger partial charge in [-0.3, -0.25) is 0 Å². The molecule has 0 saturated heterocycles. The standard InChI is InChI=1S/C23H25N2.H2O/c1-24(2)21-13-9-18(10-14-21)17-20-7-5-6-8-23(20)19-11-15-22(16-12-19)25(3)4;/h5-17H,1-4H3;1H2/q+1;/p-1. The van der Waals surface area contributed by atoms with Crippen molar-refractivity contribution in [3.63, 3.8) is 0 Å². The van der Waals surface area contributed by atoms with Crippen molar-refractivity contribution >= 4 is 17.5 Å². The second-order valence-electron chi connectivity index (χ2n) is 6.66. The minimum atomic E-state index is 0. The molecule has 0 saturated carbocycles. The fraction of sp³-hybridized carbons (Fsp3) is 0.174. The highest BCUT2D eigenvalue weighted by Crippen LogP contribution is 2.28. The quantitative estimate of drug-likeness (QED) is 0.769. The van der Waals surface area contributed by atoms with Gasteiger partial charge in [-0.25, -0.2) is 4.58 Å². The van der Waals surface area contributed by atoms with E-state index in [9.17, 15) is 0 Å². The van der Waals surface area contributed by atoms with E-state index in [0.29, 0.717) is 0 Å². The first-order chi connectivity index (χ1) is 12.0. The van der Waals surface area contributed by atoms with Crippen LogP contribution >= 0.6 is 0 Å². The smallest absolute Gasteiger partial charge is 0.199 e. The summed E-state index contributed by atoms with van der Waals surface area (Å²) in [5.41, 5.74) is 7.36. The Kier molecular flexibility index (Phi) is 6.31. The first-order valence-electron chi connectivity index (χ1n) is 8.53. The molecule has 1 N–H and O–H groups in total. The molecule has 3 rings (SSSR count). The Bertz CT molecular complexity index is 863. The van der Waals surface area contributed by atoms with E-state index in [1.54, 1.807) is 0 Å². The lowest BCUT2D eigenvalue weighted by Gasteiger charge is -2.13. The number of nitrogens with zero attached hydrogens (tertiary/aromatic N) is 2. The predicted octanol–water partition coefficient (Wildman–Crippen LogP) is 4.47. The molecule has 0 amide bonds. The molecule has 0 unspecified atom stereocenters. The molecule has 1 aliphatic rings. The van der Waals surface area contributed by atoms with Crippen LogP contribution < -0.4 is 4.90 Å². The minimum absolute atomic E-state index is 0. The molecule has 2 aromatic rings. The van der Waals surface area contributed by atoms with Crippen LogP contribution in [-0.4, -0.2) is 44.0 Å². The number of rotatable bonds is 3. The molecular weight excluding hydrogens is 320 g/mol. The lowest BCUT2D eigenvalue weighted by atomic mass is 9.96. The molecule has 0 bridgehead atoms. The zero-order valence-corrected chi connectivity index (χ0v) is 15.8. The summed E-state index contributed by atoms with van der Waals surface area (Å²) in [5, 5.41) is 0. The molecular formula is C23H26N2O. The highest BCUT2D eigenvalue weighted by Gasteiger charge is 2.07. The first-order valence-corrected chi connectivity index (χ1v) is 8.53. The fourth-order valence-corrected chi connectivity index (χ4v) is 2.87. The van der Waals surface area contributed by atoms with E-state index >= 15 is 0 Å². The third kappa shape index (κ3) is 4.38. The van der Waals surface area contributed by atoms with Crippen molar-refractivity contribution in [1.29, 1.82) is 0 Å². The van der Waals surface area contributed by atoms with Crippen LogP contribution in [0.5, 0.6) is 0 Å². The van der Waals surface area contributed by atoms with Crippen molar-refractivity contribution in [2.75, 3.05) is 33.1 Å². The molecule has 1 aliphatic carbocycles. The van der Waals surface area contributed by atoms with E-state index in [-0.39, 0.29) is 5.48 Å². The lowest BCUT2D eigenvalue weighted by Crippen LogP contribution is -2.09. The van der Waals surface area contributed by atoms with Crippen molar-refractivity contribution in [1.82, 2.24) is 0 Å². The molecule has 0 heterocycles. The number of hydrogen-bond acceptors (Lipinski definition) is 2. The average Bonchev–Trinajstić information content (AvgIpc) is 2.63. The van der Waals surface area contributed by atoms with Gasteiger partial charge < -0.3 is 10.4 Å². The van der Waals surface area contributed by atoms with Crippen molar-refractivity contribution < 1.29 is 10.1 Å². The van der Waals surface area contributed by atoms with Gasteiger partial charge in [0.2, 0.25) is 0 Å². The summed E-state index contributed by atoms with van der Waals surface area (Å²) >= 11 is 0. The molecule has 134 valence electrons. The highest BCUT2D eigenvalue weighted by molar-refractivity contribution is 6.02. The fourth-order valence-electron chi connectivity index (χ4n) is 2.87. The summed E-state index contributed by atoms with van der Waals surface area (Å²) in [6, 6.07) is 17.3. The van der Waals surface area contributed by atoms with Gasteiger partial charge in [0, 0.05) is 31.9 Å². The van der Waals surface area contributed by atoms with Crippen LogP contribution in [0.15, 0.2) is 78.4 Å². The van der Waals surface area contributed by atoms with E-state index in [4.69, 9.17) is 0 Å². The Morgan fingerprint density at radius 3 is 2.00 bits per heavy atom. The van der Waals surface area contributed by atoms with Gasteiger partial charge in [0.15, 0.2) is 5.71 Å². The maximum atomic E-state index is 2.24. The van der Waals surface area contributed by atoms with E-state index < -0.39 is 0 Å². The van der Waals surface area contributed by atoms with Gasteiger partial charge in [-0.15, -0.1) is 0 Å². The Balaban J connectivity index is 0.00000243. The molecule has 0 aliphatic heterocycles. The van der Waals surface area contributed by atoms with E-state index in [2.05, 4.69) is 117 Å². The molecule has 3 heteroatoms. The summed E-state index contributed by atoms with van der Waals surface area (Å²) in [5.74, 6) is 0. The van der Waals surface area contributed by atoms with Crippen LogP contribution in [0.3, 0.4) is 0 Å². The number of hydrogen-bond donors (Lipinski definition) is 0. The van der Waals surface area contributed by atoms with E-state index in [1.165, 1.54) is 33.7 Å². The third-order valence-electron chi connectivity index (χ3n) is 4.39. The van der Waals surface area contributed by atoms with Crippen LogP contribution in [0, 0.1) is 0 Å². The van der Waals surface area contributed by atoms with Crippen molar-refractivity contribution in [3.05, 3.63) is 84.0 Å². The molecule has 0 radical (unpaired) electrons. The van der Waals surface area contributed by atoms with Gasteiger partial charge >= 0.3 is 0 Å². The van der Waals surface area contributed by atoms with Crippen molar-refractivity contribution in [2.45, 2.75) is 0 Å². The Morgan fingerprint density at radius 1 is 0.808 bits per heavy atom. The Labute approximate surface area is 156 Å². The summed E-state index contributed by atoms with van der Waals surface area (Å²) in [6.07, 6.45) is 10.9. The average molecular weight is 346 g/mol. The monoisotopic (exact) mass is 346 g/mol. The number of allylic oxidation sites excluding steroid dienone is 5. The van der Waals surface area contributed by atoms with Crippen LogP contribution in [0.25, 0.3) is 17.2 Å². The number of benzene rings is 2. The number of anilines is 1. The van der Waals surface area contributed by atoms with Gasteiger partial charge in [0.1, 0.15) is 14.1 Å². The van der Waals surface area contributed by atoms with Crippen LogP contribution in [0.4, 0.5) is 5.69 Å². The molecule has 2 aromatic carbocycles. The van der Waals surface area contributed by atoms with Gasteiger partial charge in [-0.05, 0) is 52.6 Å². The Hall–Kier alpha value is -2.91. The van der Waals surface area contributed by atoms with Gasteiger partial charge in [-0.2, -0.15) is 0 Å². The molecule has 0 atom stereocenters. The largest absolute Gasteiger partial charge is 0.870 e. The highest BCUT2D eigenvalue weighted by atomic mass is 16.0. The topological polar surface area (TPSA) is 36.2 Å². The normalized spacial score (nSPS) is 12.6.